The summed E-state index contributed by atoms with van der Waals surface area (Å²) in [6.45, 7) is 0. The highest BCUT2D eigenvalue weighted by molar-refractivity contribution is 6.29. The summed E-state index contributed by atoms with van der Waals surface area (Å²) >= 11 is 5.79. The van der Waals surface area contributed by atoms with Crippen LogP contribution in [0.15, 0.2) is 66.9 Å². The van der Waals surface area contributed by atoms with Crippen molar-refractivity contribution in [2.45, 2.75) is 0 Å². The fraction of sp³-hybridized carbons (Fsp3) is 0. The molecule has 1 aromatic heterocycles. The molecule has 0 aliphatic heterocycles. The van der Waals surface area contributed by atoms with E-state index >= 15 is 0 Å². The van der Waals surface area contributed by atoms with E-state index in [1.54, 1.807) is 10.7 Å². The fourth-order valence-electron chi connectivity index (χ4n) is 1.74. The Bertz CT molecular complexity index is 662. The van der Waals surface area contributed by atoms with Crippen molar-refractivity contribution in [3.8, 4) is 17.2 Å². The number of para-hydroxylation sites is 1. The first kappa shape index (κ1) is 11.8. The lowest BCUT2D eigenvalue weighted by Crippen LogP contribution is -1.94. The molecule has 0 bridgehead atoms. The molecule has 1 heterocycles. The van der Waals surface area contributed by atoms with Gasteiger partial charge in [0.2, 0.25) is 0 Å². The smallest absolute Gasteiger partial charge is 0.151 e. The quantitative estimate of drug-likeness (QED) is 0.709. The molecule has 0 saturated heterocycles. The van der Waals surface area contributed by atoms with Gasteiger partial charge in [0, 0.05) is 6.20 Å². The number of ether oxygens (including phenoxy) is 1. The molecule has 3 rings (SSSR count). The van der Waals surface area contributed by atoms with Gasteiger partial charge in [-0.2, -0.15) is 5.10 Å². The number of benzene rings is 2. The molecule has 0 fully saturated rings. The van der Waals surface area contributed by atoms with Crippen molar-refractivity contribution in [3.05, 3.63) is 72.0 Å². The lowest BCUT2D eigenvalue weighted by atomic mass is 10.3. The third kappa shape index (κ3) is 2.77. The van der Waals surface area contributed by atoms with E-state index < -0.39 is 0 Å². The van der Waals surface area contributed by atoms with Crippen molar-refractivity contribution in [1.82, 2.24) is 9.78 Å². The van der Waals surface area contributed by atoms with Gasteiger partial charge in [-0.05, 0) is 42.5 Å². The Morgan fingerprint density at radius 1 is 0.842 bits per heavy atom. The van der Waals surface area contributed by atoms with Crippen LogP contribution in [-0.2, 0) is 0 Å². The van der Waals surface area contributed by atoms with Gasteiger partial charge in [0.15, 0.2) is 5.15 Å². The SMILES string of the molecule is Clc1ccn(-c2ccc(Oc3ccccc3)cc2)n1. The highest BCUT2D eigenvalue weighted by Gasteiger charge is 2.00. The van der Waals surface area contributed by atoms with E-state index in [1.807, 2.05) is 60.8 Å². The summed E-state index contributed by atoms with van der Waals surface area (Å²) in [5.41, 5.74) is 0.937. The van der Waals surface area contributed by atoms with E-state index in [4.69, 9.17) is 16.3 Å². The molecule has 0 spiro atoms. The minimum absolute atomic E-state index is 0.476. The number of hydrogen-bond donors (Lipinski definition) is 0. The van der Waals surface area contributed by atoms with Gasteiger partial charge in [0.05, 0.1) is 5.69 Å². The highest BCUT2D eigenvalue weighted by atomic mass is 35.5. The molecule has 94 valence electrons. The summed E-state index contributed by atoms with van der Waals surface area (Å²) in [6, 6.07) is 19.1. The zero-order valence-electron chi connectivity index (χ0n) is 10.0. The van der Waals surface area contributed by atoms with Crippen molar-refractivity contribution in [2.24, 2.45) is 0 Å². The summed E-state index contributed by atoms with van der Waals surface area (Å²) in [5.74, 6) is 1.60. The van der Waals surface area contributed by atoms with E-state index in [9.17, 15) is 0 Å². The minimum atomic E-state index is 0.476. The molecular weight excluding hydrogens is 260 g/mol. The van der Waals surface area contributed by atoms with Crippen LogP contribution >= 0.6 is 11.6 Å². The normalized spacial score (nSPS) is 10.4. The van der Waals surface area contributed by atoms with Gasteiger partial charge < -0.3 is 4.74 Å². The maximum Gasteiger partial charge on any atom is 0.151 e. The number of hydrogen-bond acceptors (Lipinski definition) is 2. The fourth-order valence-corrected chi connectivity index (χ4v) is 1.87. The van der Waals surface area contributed by atoms with Crippen molar-refractivity contribution < 1.29 is 4.74 Å². The van der Waals surface area contributed by atoms with E-state index in [0.717, 1.165) is 17.2 Å². The summed E-state index contributed by atoms with van der Waals surface area (Å²) in [6.07, 6.45) is 1.81. The second-order valence-corrected chi connectivity index (χ2v) is 4.38. The second kappa shape index (κ2) is 5.16. The van der Waals surface area contributed by atoms with Gasteiger partial charge in [-0.15, -0.1) is 0 Å². The van der Waals surface area contributed by atoms with Gasteiger partial charge in [0.25, 0.3) is 0 Å². The van der Waals surface area contributed by atoms with Crippen LogP contribution in [-0.4, -0.2) is 9.78 Å². The number of halogens is 1. The lowest BCUT2D eigenvalue weighted by molar-refractivity contribution is 0.482. The first-order valence-electron chi connectivity index (χ1n) is 5.86. The van der Waals surface area contributed by atoms with Gasteiger partial charge in [-0.25, -0.2) is 4.68 Å². The molecule has 0 unspecified atom stereocenters. The summed E-state index contributed by atoms with van der Waals surface area (Å²) < 4.78 is 7.44. The Hall–Kier alpha value is -2.26. The monoisotopic (exact) mass is 270 g/mol. The molecule has 0 atom stereocenters. The molecular formula is C15H11ClN2O. The molecule has 0 amide bonds. The largest absolute Gasteiger partial charge is 0.457 e. The number of rotatable bonds is 3. The van der Waals surface area contributed by atoms with Crippen LogP contribution in [0.3, 0.4) is 0 Å². The topological polar surface area (TPSA) is 27.1 Å². The predicted octanol–water partition coefficient (Wildman–Crippen LogP) is 4.32. The first-order chi connectivity index (χ1) is 9.31. The van der Waals surface area contributed by atoms with E-state index in [1.165, 1.54) is 0 Å². The van der Waals surface area contributed by atoms with Crippen LogP contribution in [0.5, 0.6) is 11.5 Å². The maximum atomic E-state index is 5.79. The Morgan fingerprint density at radius 2 is 1.53 bits per heavy atom. The molecule has 4 heteroatoms. The summed E-state index contributed by atoms with van der Waals surface area (Å²) in [7, 11) is 0. The van der Waals surface area contributed by atoms with E-state index in [-0.39, 0.29) is 0 Å². The Balaban J connectivity index is 1.79. The molecule has 0 radical (unpaired) electrons. The minimum Gasteiger partial charge on any atom is -0.457 e. The van der Waals surface area contributed by atoms with Gasteiger partial charge in [-0.3, -0.25) is 0 Å². The molecule has 0 saturated carbocycles. The van der Waals surface area contributed by atoms with Crippen LogP contribution < -0.4 is 4.74 Å². The van der Waals surface area contributed by atoms with E-state index in [0.29, 0.717) is 5.15 Å². The van der Waals surface area contributed by atoms with E-state index in [2.05, 4.69) is 5.10 Å². The highest BCUT2D eigenvalue weighted by Crippen LogP contribution is 2.22. The lowest BCUT2D eigenvalue weighted by Gasteiger charge is -2.06. The average molecular weight is 271 g/mol. The zero-order valence-corrected chi connectivity index (χ0v) is 10.8. The van der Waals surface area contributed by atoms with Crippen molar-refractivity contribution in [3.63, 3.8) is 0 Å². The molecule has 3 aromatic rings. The van der Waals surface area contributed by atoms with Crippen LogP contribution in [0.1, 0.15) is 0 Å². The van der Waals surface area contributed by atoms with Gasteiger partial charge in [-0.1, -0.05) is 29.8 Å². The van der Waals surface area contributed by atoms with Gasteiger partial charge >= 0.3 is 0 Å². The van der Waals surface area contributed by atoms with Crippen LogP contribution in [0.25, 0.3) is 5.69 Å². The molecule has 0 N–H and O–H groups in total. The second-order valence-electron chi connectivity index (χ2n) is 3.99. The van der Waals surface area contributed by atoms with Crippen molar-refractivity contribution in [1.29, 1.82) is 0 Å². The average Bonchev–Trinajstić information content (AvgIpc) is 2.87. The maximum absolute atomic E-state index is 5.79. The van der Waals surface area contributed by atoms with Crippen LogP contribution in [0.4, 0.5) is 0 Å². The number of aromatic nitrogens is 2. The van der Waals surface area contributed by atoms with Crippen LogP contribution in [0, 0.1) is 0 Å². The zero-order chi connectivity index (χ0) is 13.1. The van der Waals surface area contributed by atoms with Crippen molar-refractivity contribution >= 4 is 11.6 Å². The summed E-state index contributed by atoms with van der Waals surface area (Å²) in [5, 5.41) is 4.61. The Kier molecular flexibility index (Phi) is 3.21. The third-order valence-electron chi connectivity index (χ3n) is 2.64. The first-order valence-corrected chi connectivity index (χ1v) is 6.23. The number of nitrogens with zero attached hydrogens (tertiary/aromatic N) is 2. The van der Waals surface area contributed by atoms with Crippen molar-refractivity contribution in [2.75, 3.05) is 0 Å². The molecule has 3 nitrogen and oxygen atoms in total. The van der Waals surface area contributed by atoms with Crippen LogP contribution in [0.2, 0.25) is 5.15 Å². The standard InChI is InChI=1S/C15H11ClN2O/c16-15-10-11-18(17-15)12-6-8-14(9-7-12)19-13-4-2-1-3-5-13/h1-11H. The molecule has 2 aromatic carbocycles. The summed E-state index contributed by atoms with van der Waals surface area (Å²) in [4.78, 5) is 0. The third-order valence-corrected chi connectivity index (χ3v) is 2.84. The van der Waals surface area contributed by atoms with Gasteiger partial charge in [0.1, 0.15) is 11.5 Å². The predicted molar refractivity (Wildman–Crippen MR) is 75.1 cm³/mol. The Labute approximate surface area is 116 Å². The Morgan fingerprint density at radius 3 is 2.16 bits per heavy atom. The molecule has 0 aliphatic carbocycles. The molecule has 0 aliphatic rings. The molecule has 19 heavy (non-hydrogen) atoms.